The molecule has 1 N–H and O–H groups in total. The summed E-state index contributed by atoms with van der Waals surface area (Å²) in [5.74, 6) is -0.804. The summed E-state index contributed by atoms with van der Waals surface area (Å²) in [4.78, 5) is 28.6. The van der Waals surface area contributed by atoms with Crippen molar-refractivity contribution in [2.75, 3.05) is 17.1 Å². The van der Waals surface area contributed by atoms with Crippen molar-refractivity contribution in [3.05, 3.63) is 62.6 Å². The van der Waals surface area contributed by atoms with E-state index in [9.17, 15) is 18.0 Å². The van der Waals surface area contributed by atoms with Gasteiger partial charge in [-0.3, -0.25) is 13.9 Å². The van der Waals surface area contributed by atoms with Gasteiger partial charge in [0.2, 0.25) is 21.8 Å². The normalized spacial score (nSPS) is 14.9. The van der Waals surface area contributed by atoms with Crippen LogP contribution in [0.25, 0.3) is 0 Å². The Bertz CT molecular complexity index is 1250. The second kappa shape index (κ2) is 12.7. The maximum Gasteiger partial charge on any atom is 0.244 e. The minimum atomic E-state index is -3.86. The Balaban J connectivity index is 1.98. The van der Waals surface area contributed by atoms with Gasteiger partial charge in [-0.05, 0) is 61.6 Å². The third kappa shape index (κ3) is 7.53. The average Bonchev–Trinajstić information content (AvgIpc) is 3.33. The molecule has 1 fully saturated rings. The van der Waals surface area contributed by atoms with Crippen LogP contribution in [-0.2, 0) is 26.2 Å². The van der Waals surface area contributed by atoms with Gasteiger partial charge in [-0.1, -0.05) is 66.7 Å². The zero-order valence-corrected chi connectivity index (χ0v) is 24.2. The maximum atomic E-state index is 13.8. The molecule has 1 aliphatic carbocycles. The lowest BCUT2D eigenvalue weighted by molar-refractivity contribution is -0.140. The number of hydrogen-bond acceptors (Lipinski definition) is 4. The third-order valence-electron chi connectivity index (χ3n) is 6.63. The molecule has 0 radical (unpaired) electrons. The highest BCUT2D eigenvalue weighted by atomic mass is 35.5. The molecule has 0 aliphatic heterocycles. The molecule has 0 saturated heterocycles. The molecule has 2 aromatic rings. The number of amides is 2. The Morgan fingerprint density at radius 2 is 1.76 bits per heavy atom. The summed E-state index contributed by atoms with van der Waals surface area (Å²) < 4.78 is 26.6. The second-order valence-corrected chi connectivity index (χ2v) is 12.5. The molecule has 0 spiro atoms. The number of carbonyl (C=O) groups is 2. The zero-order chi connectivity index (χ0) is 27.3. The number of rotatable bonds is 10. The van der Waals surface area contributed by atoms with Gasteiger partial charge in [0.05, 0.1) is 11.9 Å². The Hall–Kier alpha value is -2.00. The number of benzene rings is 2. The highest BCUT2D eigenvalue weighted by molar-refractivity contribution is 7.92. The molecule has 11 heteroatoms. The molecule has 1 atom stereocenters. The monoisotopic (exact) mass is 587 g/mol. The Kier molecular flexibility index (Phi) is 10.1. The summed E-state index contributed by atoms with van der Waals surface area (Å²) in [7, 11) is -3.86. The number of anilines is 1. The van der Waals surface area contributed by atoms with E-state index in [0.717, 1.165) is 36.2 Å². The van der Waals surface area contributed by atoms with Crippen molar-refractivity contribution in [1.82, 2.24) is 10.2 Å². The summed E-state index contributed by atoms with van der Waals surface area (Å²) in [6.45, 7) is 3.02. The minimum absolute atomic E-state index is 0.0115. The van der Waals surface area contributed by atoms with Crippen LogP contribution in [0.5, 0.6) is 0 Å². The first-order valence-electron chi connectivity index (χ1n) is 12.2. The smallest absolute Gasteiger partial charge is 0.244 e. The third-order valence-corrected chi connectivity index (χ3v) is 8.75. The number of sulfonamides is 1. The van der Waals surface area contributed by atoms with E-state index in [1.165, 1.54) is 4.90 Å². The number of nitrogens with one attached hydrogen (secondary N) is 1. The van der Waals surface area contributed by atoms with Gasteiger partial charge in [0.25, 0.3) is 0 Å². The average molecular weight is 589 g/mol. The van der Waals surface area contributed by atoms with E-state index in [1.807, 2.05) is 6.92 Å². The van der Waals surface area contributed by atoms with Crippen LogP contribution < -0.4 is 9.62 Å². The molecular formula is C26H32Cl3N3O4S. The quantitative estimate of drug-likeness (QED) is 0.392. The SMILES string of the molecule is CC[C@H](C(=O)NC1CCCC1)N(Cc1ccc(Cl)cc1Cl)C(=O)CN(c1cccc(Cl)c1C)S(C)(=O)=O. The lowest BCUT2D eigenvalue weighted by Crippen LogP contribution is -2.53. The summed E-state index contributed by atoms with van der Waals surface area (Å²) in [6.07, 6.45) is 5.26. The lowest BCUT2D eigenvalue weighted by Gasteiger charge is -2.34. The fraction of sp³-hybridized carbons (Fsp3) is 0.462. The summed E-state index contributed by atoms with van der Waals surface area (Å²) in [5.41, 5.74) is 1.42. The molecule has 2 amide bonds. The lowest BCUT2D eigenvalue weighted by atomic mass is 10.1. The first-order valence-corrected chi connectivity index (χ1v) is 15.2. The molecule has 7 nitrogen and oxygen atoms in total. The minimum Gasteiger partial charge on any atom is -0.352 e. The highest BCUT2D eigenvalue weighted by Crippen LogP contribution is 2.29. The van der Waals surface area contributed by atoms with Gasteiger partial charge in [0.15, 0.2) is 0 Å². The number of halogens is 3. The first kappa shape index (κ1) is 29.6. The van der Waals surface area contributed by atoms with Crippen molar-refractivity contribution in [2.45, 2.75) is 64.6 Å². The summed E-state index contributed by atoms with van der Waals surface area (Å²) in [5, 5.41) is 4.24. The summed E-state index contributed by atoms with van der Waals surface area (Å²) >= 11 is 18.7. The molecule has 0 aromatic heterocycles. The first-order chi connectivity index (χ1) is 17.4. The van der Waals surface area contributed by atoms with Crippen LogP contribution in [-0.4, -0.2) is 50.0 Å². The van der Waals surface area contributed by atoms with Gasteiger partial charge in [-0.15, -0.1) is 0 Å². The van der Waals surface area contributed by atoms with Crippen molar-refractivity contribution in [3.63, 3.8) is 0 Å². The zero-order valence-electron chi connectivity index (χ0n) is 21.1. The van der Waals surface area contributed by atoms with E-state index in [1.54, 1.807) is 43.3 Å². The van der Waals surface area contributed by atoms with Crippen molar-refractivity contribution in [1.29, 1.82) is 0 Å². The molecule has 202 valence electrons. The van der Waals surface area contributed by atoms with Crippen LogP contribution in [0.2, 0.25) is 15.1 Å². The van der Waals surface area contributed by atoms with E-state index in [4.69, 9.17) is 34.8 Å². The van der Waals surface area contributed by atoms with Gasteiger partial charge >= 0.3 is 0 Å². The molecule has 0 bridgehead atoms. The predicted octanol–water partition coefficient (Wildman–Crippen LogP) is 5.59. The largest absolute Gasteiger partial charge is 0.352 e. The fourth-order valence-electron chi connectivity index (χ4n) is 4.58. The van der Waals surface area contributed by atoms with Gasteiger partial charge in [-0.25, -0.2) is 8.42 Å². The molecular weight excluding hydrogens is 557 g/mol. The fourth-order valence-corrected chi connectivity index (χ4v) is 6.12. The van der Waals surface area contributed by atoms with E-state index < -0.39 is 28.5 Å². The second-order valence-electron chi connectivity index (χ2n) is 9.32. The molecule has 3 rings (SSSR count). The van der Waals surface area contributed by atoms with Crippen LogP contribution in [0, 0.1) is 6.92 Å². The molecule has 1 saturated carbocycles. The number of hydrogen-bond donors (Lipinski definition) is 1. The molecule has 0 heterocycles. The van der Waals surface area contributed by atoms with E-state index in [0.29, 0.717) is 38.3 Å². The van der Waals surface area contributed by atoms with Crippen molar-refractivity contribution < 1.29 is 18.0 Å². The number of nitrogens with zero attached hydrogens (tertiary/aromatic N) is 2. The van der Waals surface area contributed by atoms with Gasteiger partial charge in [-0.2, -0.15) is 0 Å². The Morgan fingerprint density at radius 3 is 2.35 bits per heavy atom. The van der Waals surface area contributed by atoms with E-state index >= 15 is 0 Å². The van der Waals surface area contributed by atoms with Crippen LogP contribution >= 0.6 is 34.8 Å². The number of carbonyl (C=O) groups excluding carboxylic acids is 2. The van der Waals surface area contributed by atoms with Crippen molar-refractivity contribution in [2.24, 2.45) is 0 Å². The van der Waals surface area contributed by atoms with Crippen molar-refractivity contribution in [3.8, 4) is 0 Å². The highest BCUT2D eigenvalue weighted by Gasteiger charge is 2.33. The van der Waals surface area contributed by atoms with Crippen LogP contribution in [0.1, 0.15) is 50.2 Å². The van der Waals surface area contributed by atoms with Crippen molar-refractivity contribution >= 4 is 62.3 Å². The van der Waals surface area contributed by atoms with Crippen LogP contribution in [0.15, 0.2) is 36.4 Å². The van der Waals surface area contributed by atoms with Gasteiger partial charge in [0.1, 0.15) is 12.6 Å². The molecule has 0 unspecified atom stereocenters. The predicted molar refractivity (Wildman–Crippen MR) is 150 cm³/mol. The molecule has 1 aliphatic rings. The van der Waals surface area contributed by atoms with Gasteiger partial charge in [0, 0.05) is 27.7 Å². The molecule has 37 heavy (non-hydrogen) atoms. The van der Waals surface area contributed by atoms with E-state index in [2.05, 4.69) is 5.32 Å². The Labute approximate surface area is 234 Å². The van der Waals surface area contributed by atoms with Crippen LogP contribution in [0.3, 0.4) is 0 Å². The maximum absolute atomic E-state index is 13.8. The van der Waals surface area contributed by atoms with E-state index in [-0.39, 0.29) is 18.5 Å². The standard InChI is InChI=1S/C26H32Cl3N3O4S/c1-4-23(26(34)30-20-8-5-6-9-20)31(15-18-12-13-19(27)14-22(18)29)25(33)16-32(37(3,35)36)24-11-7-10-21(28)17(24)2/h7,10-14,20,23H,4-6,8-9,15-16H2,1-3H3,(H,30,34)/t23-/m1/s1. The topological polar surface area (TPSA) is 86.8 Å². The molecule has 2 aromatic carbocycles. The van der Waals surface area contributed by atoms with Gasteiger partial charge < -0.3 is 10.2 Å². The summed E-state index contributed by atoms with van der Waals surface area (Å²) in [6, 6.07) is 9.05. The Morgan fingerprint density at radius 1 is 1.08 bits per heavy atom. The van der Waals surface area contributed by atoms with Crippen LogP contribution in [0.4, 0.5) is 5.69 Å².